The Morgan fingerprint density at radius 3 is 1.53 bits per heavy atom. The predicted molar refractivity (Wildman–Crippen MR) is 227 cm³/mol. The Morgan fingerprint density at radius 1 is 0.264 bits per heavy atom. The van der Waals surface area contributed by atoms with Gasteiger partial charge >= 0.3 is 0 Å². The van der Waals surface area contributed by atoms with Crippen molar-refractivity contribution in [3.8, 4) is 39.1 Å². The number of benzene rings is 10. The number of nitrogens with zero attached hydrogens (tertiary/aromatic N) is 1. The third-order valence-corrected chi connectivity index (χ3v) is 11.2. The average molecular weight is 672 g/mol. The van der Waals surface area contributed by atoms with Gasteiger partial charge in [-0.25, -0.2) is 0 Å². The lowest BCUT2D eigenvalue weighted by molar-refractivity contribution is 1.20. The first-order valence-corrected chi connectivity index (χ1v) is 18.4. The third kappa shape index (κ3) is 4.58. The molecular formula is C52H33N. The van der Waals surface area contributed by atoms with Crippen molar-refractivity contribution in [1.82, 2.24) is 4.57 Å². The SMILES string of the molecule is c1ccc(-c2c3ccccc3c(-c3ccc(-n4c5ccccc5c5cc(-c6ccc7ccccc7c6)ccc54)c4ccccc34)c3ccccc23)cc1. The Labute approximate surface area is 307 Å². The summed E-state index contributed by atoms with van der Waals surface area (Å²) in [5.74, 6) is 0. The van der Waals surface area contributed by atoms with Gasteiger partial charge in [-0.2, -0.15) is 0 Å². The van der Waals surface area contributed by atoms with Gasteiger partial charge in [0.15, 0.2) is 0 Å². The molecule has 0 saturated heterocycles. The van der Waals surface area contributed by atoms with Gasteiger partial charge in [-0.3, -0.25) is 0 Å². The Balaban J connectivity index is 1.16. The van der Waals surface area contributed by atoms with Crippen molar-refractivity contribution in [2.75, 3.05) is 0 Å². The fourth-order valence-electron chi connectivity index (χ4n) is 8.81. The minimum absolute atomic E-state index is 1.18. The first-order valence-electron chi connectivity index (χ1n) is 18.4. The molecule has 11 rings (SSSR count). The van der Waals surface area contributed by atoms with Crippen LogP contribution < -0.4 is 0 Å². The Hall–Kier alpha value is -6.96. The summed E-state index contributed by atoms with van der Waals surface area (Å²) in [5, 5.41) is 12.6. The molecule has 0 saturated carbocycles. The fraction of sp³-hybridized carbons (Fsp3) is 0. The topological polar surface area (TPSA) is 4.93 Å². The summed E-state index contributed by atoms with van der Waals surface area (Å²) in [6.07, 6.45) is 0. The molecule has 1 heterocycles. The molecule has 53 heavy (non-hydrogen) atoms. The minimum Gasteiger partial charge on any atom is -0.309 e. The van der Waals surface area contributed by atoms with Gasteiger partial charge < -0.3 is 4.57 Å². The Bertz CT molecular complexity index is 3160. The highest BCUT2D eigenvalue weighted by molar-refractivity contribution is 6.24. The molecule has 0 N–H and O–H groups in total. The third-order valence-electron chi connectivity index (χ3n) is 11.2. The van der Waals surface area contributed by atoms with Crippen molar-refractivity contribution in [2.45, 2.75) is 0 Å². The van der Waals surface area contributed by atoms with Crippen molar-refractivity contribution < 1.29 is 0 Å². The number of fused-ring (bicyclic) bond motifs is 7. The number of para-hydroxylation sites is 1. The van der Waals surface area contributed by atoms with Crippen molar-refractivity contribution in [1.29, 1.82) is 0 Å². The van der Waals surface area contributed by atoms with E-state index in [-0.39, 0.29) is 0 Å². The van der Waals surface area contributed by atoms with Crippen LogP contribution in [0.25, 0.3) is 104 Å². The van der Waals surface area contributed by atoms with E-state index >= 15 is 0 Å². The van der Waals surface area contributed by atoms with E-state index in [0.717, 1.165) is 0 Å². The van der Waals surface area contributed by atoms with E-state index in [0.29, 0.717) is 0 Å². The van der Waals surface area contributed by atoms with Gasteiger partial charge in [0.05, 0.1) is 16.7 Å². The first-order chi connectivity index (χ1) is 26.3. The van der Waals surface area contributed by atoms with Crippen LogP contribution in [0.1, 0.15) is 0 Å². The monoisotopic (exact) mass is 671 g/mol. The van der Waals surface area contributed by atoms with Crippen molar-refractivity contribution >= 4 is 64.9 Å². The van der Waals surface area contributed by atoms with Crippen LogP contribution in [-0.4, -0.2) is 4.57 Å². The van der Waals surface area contributed by atoms with Crippen LogP contribution in [0.5, 0.6) is 0 Å². The lowest BCUT2D eigenvalue weighted by Crippen LogP contribution is -1.97. The molecule has 1 heteroatoms. The molecule has 0 bridgehead atoms. The van der Waals surface area contributed by atoms with Crippen molar-refractivity contribution in [2.24, 2.45) is 0 Å². The van der Waals surface area contributed by atoms with Crippen LogP contribution in [-0.2, 0) is 0 Å². The molecular weight excluding hydrogens is 639 g/mol. The Kier molecular flexibility index (Phi) is 6.62. The summed E-state index contributed by atoms with van der Waals surface area (Å²) in [6.45, 7) is 0. The maximum atomic E-state index is 2.47. The lowest BCUT2D eigenvalue weighted by Gasteiger charge is -2.20. The highest BCUT2D eigenvalue weighted by atomic mass is 15.0. The van der Waals surface area contributed by atoms with E-state index < -0.39 is 0 Å². The summed E-state index contributed by atoms with van der Waals surface area (Å²) in [4.78, 5) is 0. The molecule has 0 atom stereocenters. The number of hydrogen-bond donors (Lipinski definition) is 0. The zero-order valence-corrected chi connectivity index (χ0v) is 29.0. The molecule has 0 aliphatic heterocycles. The number of aromatic nitrogens is 1. The summed E-state index contributed by atoms with van der Waals surface area (Å²) in [5.41, 5.74) is 11.1. The van der Waals surface area contributed by atoms with Crippen molar-refractivity contribution in [3.05, 3.63) is 200 Å². The quantitative estimate of drug-likeness (QED) is 0.164. The molecule has 1 aromatic heterocycles. The largest absolute Gasteiger partial charge is 0.309 e. The summed E-state index contributed by atoms with van der Waals surface area (Å²) < 4.78 is 2.47. The molecule has 10 aromatic carbocycles. The van der Waals surface area contributed by atoms with Crippen LogP contribution in [0, 0.1) is 0 Å². The smallest absolute Gasteiger partial charge is 0.0541 e. The van der Waals surface area contributed by atoms with E-state index in [1.165, 1.54) is 104 Å². The van der Waals surface area contributed by atoms with E-state index in [1.807, 2.05) is 0 Å². The molecule has 0 unspecified atom stereocenters. The predicted octanol–water partition coefficient (Wildman–Crippen LogP) is 14.4. The zero-order valence-electron chi connectivity index (χ0n) is 29.0. The molecule has 0 aliphatic rings. The second kappa shape index (κ2) is 11.8. The van der Waals surface area contributed by atoms with Crippen LogP contribution >= 0.6 is 0 Å². The van der Waals surface area contributed by atoms with Crippen LogP contribution in [0.2, 0.25) is 0 Å². The molecule has 0 radical (unpaired) electrons. The molecule has 246 valence electrons. The zero-order chi connectivity index (χ0) is 34.9. The summed E-state index contributed by atoms with van der Waals surface area (Å²) in [7, 11) is 0. The van der Waals surface area contributed by atoms with Crippen LogP contribution in [0.3, 0.4) is 0 Å². The normalized spacial score (nSPS) is 11.8. The molecule has 11 aromatic rings. The first kappa shape index (κ1) is 29.7. The maximum absolute atomic E-state index is 2.47. The van der Waals surface area contributed by atoms with Crippen LogP contribution in [0.4, 0.5) is 0 Å². The molecule has 0 spiro atoms. The van der Waals surface area contributed by atoms with Gasteiger partial charge in [-0.1, -0.05) is 170 Å². The standard InChI is InChI=1S/C52H33N/c1-2-15-35(16-3-1)51-42-21-8-10-23-44(42)52(45-24-11-9-22-43(45)51)46-29-31-49(40-19-7-6-18-39(40)46)53-48-25-13-12-20-41(48)47-33-38(28-30-50(47)53)37-27-26-34-14-4-5-17-36(34)32-37/h1-33H. The molecule has 0 fully saturated rings. The average Bonchev–Trinajstić information content (AvgIpc) is 3.56. The molecule has 0 amide bonds. The van der Waals surface area contributed by atoms with E-state index in [4.69, 9.17) is 0 Å². The van der Waals surface area contributed by atoms with E-state index in [1.54, 1.807) is 0 Å². The minimum atomic E-state index is 1.18. The fourth-order valence-corrected chi connectivity index (χ4v) is 8.81. The molecule has 1 nitrogen and oxygen atoms in total. The van der Waals surface area contributed by atoms with Crippen molar-refractivity contribution in [3.63, 3.8) is 0 Å². The van der Waals surface area contributed by atoms with E-state index in [2.05, 4.69) is 205 Å². The summed E-state index contributed by atoms with van der Waals surface area (Å²) >= 11 is 0. The highest BCUT2D eigenvalue weighted by Gasteiger charge is 2.20. The van der Waals surface area contributed by atoms with Gasteiger partial charge in [-0.05, 0) is 101 Å². The van der Waals surface area contributed by atoms with Gasteiger partial charge in [-0.15, -0.1) is 0 Å². The Morgan fingerprint density at radius 2 is 0.792 bits per heavy atom. The maximum Gasteiger partial charge on any atom is 0.0541 e. The van der Waals surface area contributed by atoms with Gasteiger partial charge in [0, 0.05) is 16.2 Å². The second-order valence-corrected chi connectivity index (χ2v) is 14.0. The van der Waals surface area contributed by atoms with Gasteiger partial charge in [0.25, 0.3) is 0 Å². The number of rotatable bonds is 4. The lowest BCUT2D eigenvalue weighted by atomic mass is 9.84. The van der Waals surface area contributed by atoms with Crippen LogP contribution in [0.15, 0.2) is 200 Å². The van der Waals surface area contributed by atoms with Gasteiger partial charge in [0.1, 0.15) is 0 Å². The number of hydrogen-bond acceptors (Lipinski definition) is 0. The van der Waals surface area contributed by atoms with E-state index in [9.17, 15) is 0 Å². The van der Waals surface area contributed by atoms with Gasteiger partial charge in [0.2, 0.25) is 0 Å². The summed E-state index contributed by atoms with van der Waals surface area (Å²) in [6, 6.07) is 73.5. The highest BCUT2D eigenvalue weighted by Crippen LogP contribution is 2.46. The molecule has 0 aliphatic carbocycles. The second-order valence-electron chi connectivity index (χ2n) is 14.0.